The Balaban J connectivity index is 0. The summed E-state index contributed by atoms with van der Waals surface area (Å²) in [6, 6.07) is 0. The topological polar surface area (TPSA) is 127 Å². The smallest absolute Gasteiger partial charge is 0.341 e. The minimum Gasteiger partial charge on any atom is -0.341 e. The van der Waals surface area contributed by atoms with Crippen LogP contribution in [-0.4, -0.2) is 46.8 Å². The van der Waals surface area contributed by atoms with E-state index in [1.165, 1.54) is 19.3 Å². The van der Waals surface area contributed by atoms with Crippen LogP contribution in [0.5, 0.6) is 0 Å². The number of alkyl halides is 3. The third-order valence-electron chi connectivity index (χ3n) is 2.69. The van der Waals surface area contributed by atoms with Crippen molar-refractivity contribution in [2.24, 2.45) is 7.05 Å². The van der Waals surface area contributed by atoms with E-state index in [0.29, 0.717) is 6.42 Å². The second-order valence-corrected chi connectivity index (χ2v) is 8.19. The van der Waals surface area contributed by atoms with Gasteiger partial charge in [-0.1, -0.05) is 39.0 Å². The zero-order valence-corrected chi connectivity index (χ0v) is 16.2. The number of hydrogen-bond donors (Lipinski definition) is 2. The normalized spacial score (nSPS) is 11.8. The third-order valence-corrected chi connectivity index (χ3v) is 4.07. The van der Waals surface area contributed by atoms with Crippen molar-refractivity contribution in [2.75, 3.05) is 5.75 Å². The summed E-state index contributed by atoms with van der Waals surface area (Å²) in [6.07, 6.45) is 11.5. The van der Waals surface area contributed by atoms with Gasteiger partial charge in [0, 0.05) is 19.4 Å². The number of rotatable bonds is 7. The number of hydrogen-bond acceptors (Lipinski definition) is 5. The Morgan fingerprint density at radius 3 is 1.73 bits per heavy atom. The molecule has 0 saturated carbocycles. The van der Waals surface area contributed by atoms with Gasteiger partial charge in [0.25, 0.3) is 10.1 Å². The maximum absolute atomic E-state index is 10.7. The quantitative estimate of drug-likeness (QED) is 0.390. The lowest BCUT2D eigenvalue weighted by atomic mass is 10.1. The predicted octanol–water partition coefficient (Wildman–Crippen LogP) is 3.05. The number of aromatic nitrogens is 2. The molecule has 1 aromatic heterocycles. The first-order chi connectivity index (χ1) is 11.7. The van der Waals surface area contributed by atoms with Crippen LogP contribution in [0.4, 0.5) is 13.2 Å². The molecule has 0 amide bonds. The van der Waals surface area contributed by atoms with Gasteiger partial charge in [0.2, 0.25) is 0 Å². The van der Waals surface area contributed by atoms with Gasteiger partial charge in [0.1, 0.15) is 0 Å². The summed E-state index contributed by atoms with van der Waals surface area (Å²) in [4.78, 5) is 3.78. The molecule has 1 aromatic rings. The lowest BCUT2D eigenvalue weighted by Crippen LogP contribution is -2.21. The standard InChI is InChI=1S/C8H18O3S.C4H6N2.CHF3O3S/c1-2-3-4-5-6-7-8-12(9,10)11;1-6-3-2-5-4-6;2-1(3,4)8(5,6)7/h2-8H2,1H3,(H,9,10,11);2-4H,1H3;(H,5,6,7). The first-order valence-electron chi connectivity index (χ1n) is 7.61. The van der Waals surface area contributed by atoms with Gasteiger partial charge < -0.3 is 4.57 Å². The molecule has 156 valence electrons. The summed E-state index contributed by atoms with van der Waals surface area (Å²) in [5.41, 5.74) is -5.53. The fourth-order valence-corrected chi connectivity index (χ4v) is 1.96. The highest BCUT2D eigenvalue weighted by Gasteiger charge is 2.44. The lowest BCUT2D eigenvalue weighted by molar-refractivity contribution is -0.0510. The molecule has 0 aliphatic rings. The largest absolute Gasteiger partial charge is 0.522 e. The van der Waals surface area contributed by atoms with E-state index in [0.717, 1.165) is 12.8 Å². The summed E-state index contributed by atoms with van der Waals surface area (Å²) in [7, 11) is -7.62. The van der Waals surface area contributed by atoms with Crippen LogP contribution in [0.15, 0.2) is 18.7 Å². The molecule has 0 unspecified atom stereocenters. The highest BCUT2D eigenvalue weighted by Crippen LogP contribution is 2.20. The first kappa shape index (κ1) is 27.0. The van der Waals surface area contributed by atoms with E-state index in [1.54, 1.807) is 12.5 Å². The van der Waals surface area contributed by atoms with Gasteiger partial charge in [0.05, 0.1) is 12.1 Å². The van der Waals surface area contributed by atoms with Crippen molar-refractivity contribution in [3.63, 3.8) is 0 Å². The predicted molar refractivity (Wildman–Crippen MR) is 90.6 cm³/mol. The number of imidazole rings is 1. The van der Waals surface area contributed by atoms with Gasteiger partial charge in [-0.05, 0) is 6.42 Å². The lowest BCUT2D eigenvalue weighted by Gasteiger charge is -1.98. The van der Waals surface area contributed by atoms with Crippen LogP contribution >= 0.6 is 0 Å². The summed E-state index contributed by atoms with van der Waals surface area (Å²) in [5, 5.41) is 0. The number of unbranched alkanes of at least 4 members (excludes halogenated alkanes) is 5. The monoisotopic (exact) mass is 426 g/mol. The van der Waals surface area contributed by atoms with Crippen LogP contribution in [0.1, 0.15) is 45.4 Å². The Hall–Kier alpha value is -1.18. The number of halogens is 3. The van der Waals surface area contributed by atoms with Crippen LogP contribution in [0.2, 0.25) is 0 Å². The van der Waals surface area contributed by atoms with Gasteiger partial charge in [-0.2, -0.15) is 30.0 Å². The van der Waals surface area contributed by atoms with Gasteiger partial charge in [0.15, 0.2) is 0 Å². The van der Waals surface area contributed by atoms with Crippen LogP contribution in [0, 0.1) is 0 Å². The van der Waals surface area contributed by atoms with Gasteiger partial charge in [-0.25, -0.2) is 4.98 Å². The molecule has 1 rings (SSSR count). The summed E-state index contributed by atoms with van der Waals surface area (Å²) in [5.74, 6) is -0.0842. The Morgan fingerprint density at radius 1 is 1.00 bits per heavy atom. The van der Waals surface area contributed by atoms with Crippen molar-refractivity contribution in [1.29, 1.82) is 0 Å². The molecule has 0 aliphatic heterocycles. The Morgan fingerprint density at radius 2 is 1.46 bits per heavy atom. The van der Waals surface area contributed by atoms with Crippen molar-refractivity contribution < 1.29 is 39.1 Å². The molecule has 1 heterocycles. The van der Waals surface area contributed by atoms with Crippen LogP contribution < -0.4 is 0 Å². The van der Waals surface area contributed by atoms with Crippen LogP contribution in [-0.2, 0) is 27.3 Å². The molecule has 0 aromatic carbocycles. The summed E-state index contributed by atoms with van der Waals surface area (Å²) >= 11 is 0. The van der Waals surface area contributed by atoms with Crippen molar-refractivity contribution >= 4 is 20.2 Å². The van der Waals surface area contributed by atoms with E-state index in [2.05, 4.69) is 11.9 Å². The molecular weight excluding hydrogens is 401 g/mol. The zero-order valence-electron chi connectivity index (χ0n) is 14.6. The molecule has 26 heavy (non-hydrogen) atoms. The molecule has 0 spiro atoms. The second-order valence-electron chi connectivity index (χ2n) is 5.20. The van der Waals surface area contributed by atoms with E-state index >= 15 is 0 Å². The average Bonchev–Trinajstić information content (AvgIpc) is 2.92. The summed E-state index contributed by atoms with van der Waals surface area (Å²) < 4.78 is 88.4. The molecule has 0 saturated heterocycles. The molecule has 0 atom stereocenters. The Bertz CT molecular complexity index is 659. The van der Waals surface area contributed by atoms with E-state index in [4.69, 9.17) is 17.5 Å². The molecule has 0 bridgehead atoms. The Labute approximate surface area is 151 Å². The first-order valence-corrected chi connectivity index (χ1v) is 10.7. The minimum absolute atomic E-state index is 0.0842. The highest BCUT2D eigenvalue weighted by atomic mass is 32.2. The maximum atomic E-state index is 10.7. The van der Waals surface area contributed by atoms with E-state index in [-0.39, 0.29) is 5.75 Å². The SMILES string of the molecule is CCCCCCCCS(=O)(=O)O.Cn1ccnc1.O=S(=O)(O)C(F)(F)F. The van der Waals surface area contributed by atoms with E-state index in [1.807, 2.05) is 17.8 Å². The van der Waals surface area contributed by atoms with E-state index in [9.17, 15) is 21.6 Å². The number of nitrogens with zero attached hydrogens (tertiary/aromatic N) is 2. The van der Waals surface area contributed by atoms with Gasteiger partial charge in [-0.15, -0.1) is 0 Å². The Kier molecular flexibility index (Phi) is 13.6. The molecule has 0 aliphatic carbocycles. The van der Waals surface area contributed by atoms with Crippen LogP contribution in [0.25, 0.3) is 0 Å². The van der Waals surface area contributed by atoms with Crippen molar-refractivity contribution in [3.8, 4) is 0 Å². The van der Waals surface area contributed by atoms with Crippen molar-refractivity contribution in [1.82, 2.24) is 9.55 Å². The second kappa shape index (κ2) is 13.1. The number of aryl methyl sites for hydroxylation is 1. The highest BCUT2D eigenvalue weighted by molar-refractivity contribution is 7.86. The average molecular weight is 426 g/mol. The van der Waals surface area contributed by atoms with Gasteiger partial charge in [-0.3, -0.25) is 9.11 Å². The zero-order chi connectivity index (χ0) is 20.9. The molecule has 8 nitrogen and oxygen atoms in total. The fourth-order valence-electron chi connectivity index (χ4n) is 1.39. The molecule has 0 radical (unpaired) electrons. The molecule has 2 N–H and O–H groups in total. The van der Waals surface area contributed by atoms with Gasteiger partial charge >= 0.3 is 15.6 Å². The maximum Gasteiger partial charge on any atom is 0.522 e. The van der Waals surface area contributed by atoms with Crippen molar-refractivity contribution in [2.45, 2.75) is 51.0 Å². The molecular formula is C13H25F3N2O6S2. The fraction of sp³-hybridized carbons (Fsp3) is 0.769. The minimum atomic E-state index is -5.84. The van der Waals surface area contributed by atoms with E-state index < -0.39 is 25.7 Å². The molecule has 0 fully saturated rings. The van der Waals surface area contributed by atoms with Crippen molar-refractivity contribution in [3.05, 3.63) is 18.7 Å². The third kappa shape index (κ3) is 19.1. The summed E-state index contributed by atoms with van der Waals surface area (Å²) in [6.45, 7) is 2.14. The molecule has 13 heteroatoms. The van der Waals surface area contributed by atoms with Crippen LogP contribution in [0.3, 0.4) is 0 Å².